The fourth-order valence-corrected chi connectivity index (χ4v) is 3.64. The molecule has 32 heavy (non-hydrogen) atoms. The molecule has 1 aliphatic heterocycles. The van der Waals surface area contributed by atoms with Gasteiger partial charge in [0.1, 0.15) is 12.7 Å². The van der Waals surface area contributed by atoms with Crippen LogP contribution >= 0.6 is 0 Å². The molecule has 2 heterocycles. The summed E-state index contributed by atoms with van der Waals surface area (Å²) in [6, 6.07) is 11.7. The number of nitrogens with one attached hydrogen (secondary N) is 1. The van der Waals surface area contributed by atoms with Gasteiger partial charge < -0.3 is 10.1 Å². The number of amides is 1. The summed E-state index contributed by atoms with van der Waals surface area (Å²) in [6.45, 7) is 2.60. The van der Waals surface area contributed by atoms with Crippen molar-refractivity contribution in [3.8, 4) is 5.69 Å². The van der Waals surface area contributed by atoms with Gasteiger partial charge in [-0.05, 0) is 42.0 Å². The second-order valence-electron chi connectivity index (χ2n) is 7.38. The Bertz CT molecular complexity index is 1020. The van der Waals surface area contributed by atoms with Crippen LogP contribution in [0, 0.1) is 0 Å². The lowest BCUT2D eigenvalue weighted by molar-refractivity contribution is -0.137. The largest absolute Gasteiger partial charge is 0.416 e. The molecule has 168 valence electrons. The third-order valence-corrected chi connectivity index (χ3v) is 5.38. The van der Waals surface area contributed by atoms with Crippen molar-refractivity contribution < 1.29 is 22.7 Å². The number of hydrogen-bond donors (Lipinski definition) is 1. The molecule has 0 saturated carbocycles. The van der Waals surface area contributed by atoms with Crippen LogP contribution in [0.15, 0.2) is 61.2 Å². The standard InChI is InChI=1S/C22H22F3N5O2/c23-22(24,25)18-5-1-16(2-6-18)20(29-9-11-32-12-10-29)13-27-21(31)17-3-7-19(8-4-17)30-15-26-14-28-30/h1-8,14-15,20H,9-13H2,(H,27,31). The first-order valence-electron chi connectivity index (χ1n) is 10.1. The molecule has 0 radical (unpaired) electrons. The summed E-state index contributed by atoms with van der Waals surface area (Å²) in [6.07, 6.45) is -1.40. The monoisotopic (exact) mass is 445 g/mol. The number of morpholine rings is 1. The van der Waals surface area contributed by atoms with Crippen LogP contribution in [0.4, 0.5) is 13.2 Å². The van der Waals surface area contributed by atoms with Gasteiger partial charge in [-0.15, -0.1) is 0 Å². The van der Waals surface area contributed by atoms with Crippen molar-refractivity contribution >= 4 is 5.91 Å². The number of carbonyl (C=O) groups is 1. The molecule has 1 fully saturated rings. The van der Waals surface area contributed by atoms with Crippen LogP contribution in [0.3, 0.4) is 0 Å². The molecule has 3 aromatic rings. The first-order chi connectivity index (χ1) is 15.4. The van der Waals surface area contributed by atoms with Gasteiger partial charge in [0.25, 0.3) is 5.91 Å². The van der Waals surface area contributed by atoms with E-state index in [1.165, 1.54) is 18.5 Å². The van der Waals surface area contributed by atoms with E-state index in [1.54, 1.807) is 35.3 Å². The summed E-state index contributed by atoms with van der Waals surface area (Å²) in [5.41, 5.74) is 1.26. The molecule has 4 rings (SSSR count). The number of nitrogens with zero attached hydrogens (tertiary/aromatic N) is 4. The number of hydrogen-bond acceptors (Lipinski definition) is 5. The van der Waals surface area contributed by atoms with Crippen molar-refractivity contribution in [3.05, 3.63) is 77.9 Å². The van der Waals surface area contributed by atoms with Crippen LogP contribution in [0.5, 0.6) is 0 Å². The number of carbonyl (C=O) groups excluding carboxylic acids is 1. The van der Waals surface area contributed by atoms with Gasteiger partial charge in [0.15, 0.2) is 0 Å². The lowest BCUT2D eigenvalue weighted by atomic mass is 10.0. The average molecular weight is 445 g/mol. The number of benzene rings is 2. The van der Waals surface area contributed by atoms with Crippen LogP contribution in [-0.2, 0) is 10.9 Å². The summed E-state index contributed by atoms with van der Waals surface area (Å²) < 4.78 is 45.8. The van der Waals surface area contributed by atoms with Crippen LogP contribution in [0.1, 0.15) is 27.5 Å². The van der Waals surface area contributed by atoms with Crippen LogP contribution < -0.4 is 5.32 Å². The summed E-state index contributed by atoms with van der Waals surface area (Å²) >= 11 is 0. The summed E-state index contributed by atoms with van der Waals surface area (Å²) in [5, 5.41) is 6.96. The average Bonchev–Trinajstić information content (AvgIpc) is 3.35. The van der Waals surface area contributed by atoms with Crippen molar-refractivity contribution in [1.29, 1.82) is 0 Å². The Morgan fingerprint density at radius 2 is 1.75 bits per heavy atom. The minimum absolute atomic E-state index is 0.259. The zero-order valence-corrected chi connectivity index (χ0v) is 17.1. The second kappa shape index (κ2) is 9.49. The minimum Gasteiger partial charge on any atom is -0.379 e. The Morgan fingerprint density at radius 3 is 2.34 bits per heavy atom. The molecule has 1 aromatic heterocycles. The molecule has 10 heteroatoms. The topological polar surface area (TPSA) is 72.3 Å². The van der Waals surface area contributed by atoms with Crippen molar-refractivity contribution in [2.45, 2.75) is 12.2 Å². The molecule has 1 aliphatic rings. The van der Waals surface area contributed by atoms with Gasteiger partial charge in [-0.2, -0.15) is 18.3 Å². The van der Waals surface area contributed by atoms with E-state index < -0.39 is 11.7 Å². The maximum absolute atomic E-state index is 12.9. The summed E-state index contributed by atoms with van der Waals surface area (Å²) in [5.74, 6) is -0.264. The quantitative estimate of drug-likeness (QED) is 0.632. The first-order valence-corrected chi connectivity index (χ1v) is 10.1. The lowest BCUT2D eigenvalue weighted by Gasteiger charge is -2.35. The van der Waals surface area contributed by atoms with Gasteiger partial charge in [0.05, 0.1) is 30.5 Å². The number of alkyl halides is 3. The fourth-order valence-electron chi connectivity index (χ4n) is 3.64. The number of rotatable bonds is 6. The third kappa shape index (κ3) is 5.14. The molecule has 1 N–H and O–H groups in total. The van der Waals surface area contributed by atoms with E-state index >= 15 is 0 Å². The van der Waals surface area contributed by atoms with Gasteiger partial charge in [0.2, 0.25) is 0 Å². The highest BCUT2D eigenvalue weighted by molar-refractivity contribution is 5.94. The number of halogens is 3. The Kier molecular flexibility index (Phi) is 6.52. The predicted molar refractivity (Wildman–Crippen MR) is 110 cm³/mol. The maximum atomic E-state index is 12.9. The molecule has 1 unspecified atom stereocenters. The third-order valence-electron chi connectivity index (χ3n) is 5.38. The molecule has 0 spiro atoms. The van der Waals surface area contributed by atoms with E-state index in [2.05, 4.69) is 20.3 Å². The van der Waals surface area contributed by atoms with E-state index in [4.69, 9.17) is 4.74 Å². The van der Waals surface area contributed by atoms with E-state index in [0.717, 1.165) is 17.8 Å². The van der Waals surface area contributed by atoms with Crippen molar-refractivity contribution in [1.82, 2.24) is 25.0 Å². The van der Waals surface area contributed by atoms with Gasteiger partial charge in [-0.3, -0.25) is 9.69 Å². The maximum Gasteiger partial charge on any atom is 0.416 e. The van der Waals surface area contributed by atoms with Crippen molar-refractivity contribution in [3.63, 3.8) is 0 Å². The highest BCUT2D eigenvalue weighted by Crippen LogP contribution is 2.31. The highest BCUT2D eigenvalue weighted by atomic mass is 19.4. The second-order valence-corrected chi connectivity index (χ2v) is 7.38. The molecule has 7 nitrogen and oxygen atoms in total. The number of ether oxygens (including phenoxy) is 1. The molecule has 1 saturated heterocycles. The van der Waals surface area contributed by atoms with E-state index in [9.17, 15) is 18.0 Å². The molecule has 0 bridgehead atoms. The molecule has 1 amide bonds. The fraction of sp³-hybridized carbons (Fsp3) is 0.318. The van der Waals surface area contributed by atoms with E-state index in [-0.39, 0.29) is 18.5 Å². The van der Waals surface area contributed by atoms with Gasteiger partial charge in [-0.1, -0.05) is 12.1 Å². The van der Waals surface area contributed by atoms with E-state index in [1.807, 2.05) is 0 Å². The smallest absolute Gasteiger partial charge is 0.379 e. The Morgan fingerprint density at radius 1 is 1.06 bits per heavy atom. The Hall–Kier alpha value is -3.24. The van der Waals surface area contributed by atoms with Gasteiger partial charge in [0, 0.05) is 25.2 Å². The van der Waals surface area contributed by atoms with Crippen LogP contribution in [-0.4, -0.2) is 58.4 Å². The molecule has 1 atom stereocenters. The molecular formula is C22H22F3N5O2. The molecular weight excluding hydrogens is 423 g/mol. The summed E-state index contributed by atoms with van der Waals surface area (Å²) in [7, 11) is 0. The van der Waals surface area contributed by atoms with Crippen LogP contribution in [0.25, 0.3) is 5.69 Å². The Labute approximate surface area is 182 Å². The predicted octanol–water partition coefficient (Wildman–Crippen LogP) is 3.09. The van der Waals surface area contributed by atoms with Gasteiger partial charge >= 0.3 is 6.18 Å². The van der Waals surface area contributed by atoms with E-state index in [0.29, 0.717) is 37.4 Å². The normalized spacial score (nSPS) is 16.0. The van der Waals surface area contributed by atoms with Crippen molar-refractivity contribution in [2.24, 2.45) is 0 Å². The van der Waals surface area contributed by atoms with Crippen LogP contribution in [0.2, 0.25) is 0 Å². The lowest BCUT2D eigenvalue weighted by Crippen LogP contribution is -2.43. The zero-order chi connectivity index (χ0) is 22.6. The SMILES string of the molecule is O=C(NCC(c1ccc(C(F)(F)F)cc1)N1CCOCC1)c1ccc(-n2cncn2)cc1. The van der Waals surface area contributed by atoms with Gasteiger partial charge in [-0.25, -0.2) is 9.67 Å². The Balaban J connectivity index is 1.46. The molecule has 0 aliphatic carbocycles. The number of aromatic nitrogens is 3. The highest BCUT2D eigenvalue weighted by Gasteiger charge is 2.31. The first kappa shape index (κ1) is 22.0. The molecule has 2 aromatic carbocycles. The zero-order valence-electron chi connectivity index (χ0n) is 17.1. The summed E-state index contributed by atoms with van der Waals surface area (Å²) in [4.78, 5) is 18.7. The minimum atomic E-state index is -4.39. The van der Waals surface area contributed by atoms with Crippen molar-refractivity contribution in [2.75, 3.05) is 32.8 Å².